The Morgan fingerprint density at radius 1 is 1.35 bits per heavy atom. The van der Waals surface area contributed by atoms with Gasteiger partial charge in [0.05, 0.1) is 17.3 Å². The van der Waals surface area contributed by atoms with Crippen LogP contribution in [0.15, 0.2) is 24.3 Å². The smallest absolute Gasteiger partial charge is 0.0718 e. The summed E-state index contributed by atoms with van der Waals surface area (Å²) >= 11 is 0. The van der Waals surface area contributed by atoms with E-state index in [4.69, 9.17) is 9.84 Å². The van der Waals surface area contributed by atoms with Crippen LogP contribution in [0.3, 0.4) is 0 Å². The molecule has 0 bridgehead atoms. The fourth-order valence-electron chi connectivity index (χ4n) is 2.62. The third-order valence-electron chi connectivity index (χ3n) is 3.90. The monoisotopic (exact) mass is 275 g/mol. The van der Waals surface area contributed by atoms with Gasteiger partial charge in [-0.2, -0.15) is 5.10 Å². The van der Waals surface area contributed by atoms with E-state index in [2.05, 4.69) is 48.1 Å². The average molecular weight is 275 g/mol. The summed E-state index contributed by atoms with van der Waals surface area (Å²) in [4.78, 5) is 0. The number of para-hydroxylation sites is 1. The third-order valence-corrected chi connectivity index (χ3v) is 3.90. The zero-order valence-corrected chi connectivity index (χ0v) is 12.9. The van der Waals surface area contributed by atoms with Crippen molar-refractivity contribution in [1.29, 1.82) is 0 Å². The average Bonchev–Trinajstić information content (AvgIpc) is 2.84. The lowest BCUT2D eigenvalue weighted by Gasteiger charge is -2.19. The first-order valence-electron chi connectivity index (χ1n) is 7.34. The molecule has 0 radical (unpaired) electrons. The number of aromatic nitrogens is 2. The molecule has 0 aliphatic heterocycles. The number of likely N-dealkylation sites (N-methyl/N-ethyl adjacent to an activating group) is 1. The van der Waals surface area contributed by atoms with Crippen LogP contribution in [0.25, 0.3) is 10.9 Å². The van der Waals surface area contributed by atoms with E-state index in [0.29, 0.717) is 6.04 Å². The summed E-state index contributed by atoms with van der Waals surface area (Å²) in [5.74, 6) is 0. The number of ether oxygens (including phenoxy) is 1. The summed E-state index contributed by atoms with van der Waals surface area (Å²) in [5, 5.41) is 9.41. The summed E-state index contributed by atoms with van der Waals surface area (Å²) in [7, 11) is 3.77. The molecule has 2 rings (SSSR count). The summed E-state index contributed by atoms with van der Waals surface area (Å²) < 4.78 is 7.45. The molecule has 4 nitrogen and oxygen atoms in total. The quantitative estimate of drug-likeness (QED) is 0.844. The molecule has 0 aliphatic rings. The number of nitrogens with zero attached hydrogens (tertiary/aromatic N) is 2. The molecule has 0 fully saturated rings. The van der Waals surface area contributed by atoms with Crippen molar-refractivity contribution in [3.05, 3.63) is 30.0 Å². The largest absolute Gasteiger partial charge is 0.382 e. The lowest BCUT2D eigenvalue weighted by Crippen LogP contribution is -2.31. The van der Waals surface area contributed by atoms with Crippen molar-refractivity contribution in [2.75, 3.05) is 14.2 Å². The van der Waals surface area contributed by atoms with E-state index in [1.807, 2.05) is 7.05 Å². The van der Waals surface area contributed by atoms with Gasteiger partial charge in [0.15, 0.2) is 0 Å². The van der Waals surface area contributed by atoms with Gasteiger partial charge in [-0.05, 0) is 33.4 Å². The number of rotatable bonds is 7. The van der Waals surface area contributed by atoms with Crippen LogP contribution in [0.4, 0.5) is 0 Å². The predicted molar refractivity (Wildman–Crippen MR) is 83.0 cm³/mol. The Kier molecular flexibility index (Phi) is 5.15. The number of aryl methyl sites for hydroxylation is 1. The highest BCUT2D eigenvalue weighted by molar-refractivity contribution is 5.82. The Bertz CT molecular complexity index is 550. The van der Waals surface area contributed by atoms with Crippen molar-refractivity contribution >= 4 is 10.9 Å². The molecule has 0 spiro atoms. The zero-order chi connectivity index (χ0) is 14.5. The fourth-order valence-corrected chi connectivity index (χ4v) is 2.62. The minimum atomic E-state index is 0.256. The molecule has 1 aromatic carbocycles. The van der Waals surface area contributed by atoms with Gasteiger partial charge in [-0.3, -0.25) is 4.68 Å². The topological polar surface area (TPSA) is 39.1 Å². The molecule has 0 aliphatic carbocycles. The van der Waals surface area contributed by atoms with E-state index in [9.17, 15) is 0 Å². The van der Waals surface area contributed by atoms with Crippen molar-refractivity contribution in [2.45, 2.75) is 45.4 Å². The van der Waals surface area contributed by atoms with E-state index in [1.54, 1.807) is 7.11 Å². The Morgan fingerprint density at radius 2 is 2.10 bits per heavy atom. The van der Waals surface area contributed by atoms with Gasteiger partial charge in [-0.25, -0.2) is 0 Å². The molecule has 20 heavy (non-hydrogen) atoms. The molecule has 1 heterocycles. The van der Waals surface area contributed by atoms with Gasteiger partial charge in [-0.1, -0.05) is 18.2 Å². The third kappa shape index (κ3) is 3.19. The Labute approximate surface area is 121 Å². The number of fused-ring (bicyclic) bond motifs is 1. The first-order valence-corrected chi connectivity index (χ1v) is 7.34. The van der Waals surface area contributed by atoms with E-state index >= 15 is 0 Å². The minimum Gasteiger partial charge on any atom is -0.382 e. The molecule has 110 valence electrons. The van der Waals surface area contributed by atoms with Crippen molar-refractivity contribution in [1.82, 2.24) is 15.1 Å². The molecule has 0 amide bonds. The van der Waals surface area contributed by atoms with Crippen LogP contribution in [0.5, 0.6) is 0 Å². The zero-order valence-electron chi connectivity index (χ0n) is 12.9. The van der Waals surface area contributed by atoms with Gasteiger partial charge in [0, 0.05) is 31.5 Å². The Balaban J connectivity index is 2.24. The van der Waals surface area contributed by atoms with Gasteiger partial charge in [0.25, 0.3) is 0 Å². The lowest BCUT2D eigenvalue weighted by atomic mass is 10.0. The van der Waals surface area contributed by atoms with E-state index in [1.165, 1.54) is 16.6 Å². The minimum absolute atomic E-state index is 0.256. The van der Waals surface area contributed by atoms with Crippen molar-refractivity contribution < 1.29 is 4.74 Å². The van der Waals surface area contributed by atoms with Gasteiger partial charge in [-0.15, -0.1) is 0 Å². The molecule has 2 atom stereocenters. The SMILES string of the molecule is CCn1nc(CC(CC(C)OC)NC)c2ccccc21. The molecule has 1 N–H and O–H groups in total. The maximum Gasteiger partial charge on any atom is 0.0718 e. The van der Waals surface area contributed by atoms with Gasteiger partial charge in [0.2, 0.25) is 0 Å². The van der Waals surface area contributed by atoms with Crippen LogP contribution >= 0.6 is 0 Å². The molecule has 0 saturated carbocycles. The summed E-state index contributed by atoms with van der Waals surface area (Å²) in [6.45, 7) is 5.14. The Morgan fingerprint density at radius 3 is 2.75 bits per heavy atom. The number of methoxy groups -OCH3 is 1. The van der Waals surface area contributed by atoms with E-state index < -0.39 is 0 Å². The van der Waals surface area contributed by atoms with Crippen molar-refractivity contribution in [2.24, 2.45) is 0 Å². The van der Waals surface area contributed by atoms with Crippen molar-refractivity contribution in [3.8, 4) is 0 Å². The highest BCUT2D eigenvalue weighted by Crippen LogP contribution is 2.20. The Hall–Kier alpha value is -1.39. The molecule has 2 aromatic rings. The second kappa shape index (κ2) is 6.86. The number of benzene rings is 1. The number of hydrogen-bond donors (Lipinski definition) is 1. The first kappa shape index (κ1) is 15.0. The highest BCUT2D eigenvalue weighted by Gasteiger charge is 2.16. The van der Waals surface area contributed by atoms with Crippen molar-refractivity contribution in [3.63, 3.8) is 0 Å². The van der Waals surface area contributed by atoms with Crippen LogP contribution in [-0.4, -0.2) is 36.1 Å². The van der Waals surface area contributed by atoms with E-state index in [-0.39, 0.29) is 6.10 Å². The first-order chi connectivity index (χ1) is 9.69. The fraction of sp³-hybridized carbons (Fsp3) is 0.562. The normalized spacial score (nSPS) is 14.6. The highest BCUT2D eigenvalue weighted by atomic mass is 16.5. The second-order valence-corrected chi connectivity index (χ2v) is 5.25. The second-order valence-electron chi connectivity index (χ2n) is 5.25. The van der Waals surface area contributed by atoms with Crippen LogP contribution in [0.1, 0.15) is 26.0 Å². The predicted octanol–water partition coefficient (Wildman–Crippen LogP) is 2.61. The van der Waals surface area contributed by atoms with Gasteiger partial charge < -0.3 is 10.1 Å². The van der Waals surface area contributed by atoms with Crippen LogP contribution in [-0.2, 0) is 17.7 Å². The molecular formula is C16H25N3O. The van der Waals surface area contributed by atoms with E-state index in [0.717, 1.165) is 19.4 Å². The molecule has 1 aromatic heterocycles. The lowest BCUT2D eigenvalue weighted by molar-refractivity contribution is 0.101. The maximum absolute atomic E-state index is 5.37. The number of hydrogen-bond acceptors (Lipinski definition) is 3. The van der Waals surface area contributed by atoms with Crippen LogP contribution in [0, 0.1) is 0 Å². The summed E-state index contributed by atoms with van der Waals surface area (Å²) in [5.41, 5.74) is 2.39. The molecule has 0 saturated heterocycles. The standard InChI is InChI=1S/C16H25N3O/c1-5-19-16-9-7-6-8-14(16)15(18-19)11-13(17-3)10-12(2)20-4/h6-9,12-13,17H,5,10-11H2,1-4H3. The summed E-state index contributed by atoms with van der Waals surface area (Å²) in [6, 6.07) is 8.84. The summed E-state index contributed by atoms with van der Waals surface area (Å²) in [6.07, 6.45) is 2.17. The molecule has 2 unspecified atom stereocenters. The molecule has 4 heteroatoms. The van der Waals surface area contributed by atoms with Crippen LogP contribution < -0.4 is 5.32 Å². The van der Waals surface area contributed by atoms with Gasteiger partial charge in [0.1, 0.15) is 0 Å². The maximum atomic E-state index is 5.37. The van der Waals surface area contributed by atoms with Gasteiger partial charge >= 0.3 is 0 Å². The number of nitrogens with one attached hydrogen (secondary N) is 1. The van der Waals surface area contributed by atoms with Crippen LogP contribution in [0.2, 0.25) is 0 Å². The molecular weight excluding hydrogens is 250 g/mol.